The Morgan fingerprint density at radius 3 is 2.79 bits per heavy atom. The van der Waals surface area contributed by atoms with Gasteiger partial charge in [-0.05, 0) is 31.5 Å². The van der Waals surface area contributed by atoms with Gasteiger partial charge in [0, 0.05) is 17.5 Å². The molecule has 3 aromatic heterocycles. The number of carbonyl (C=O) groups is 1. The van der Waals surface area contributed by atoms with Crippen molar-refractivity contribution in [2.75, 3.05) is 17.6 Å². The van der Waals surface area contributed by atoms with Crippen molar-refractivity contribution in [1.82, 2.24) is 24.9 Å². The van der Waals surface area contributed by atoms with E-state index in [2.05, 4.69) is 25.5 Å². The standard InChI is InChI=1S/C23H25FN8O2/c1-14(5-4-9-25)23(33)28-19-12-27-22(29-21(19)26)18-11-20(17-8-10-34-31-17)32(30-18)13-15-6-2-3-7-16(15)24/h2-3,6-8,10-12,14H,4-5,9,13,25H2,1H3,(H,28,33)(H2,26,27,29). The monoisotopic (exact) mass is 464 g/mol. The molecule has 176 valence electrons. The number of carbonyl (C=O) groups excluding carboxylic acids is 1. The molecular weight excluding hydrogens is 439 g/mol. The van der Waals surface area contributed by atoms with Crippen molar-refractivity contribution < 1.29 is 13.7 Å². The lowest BCUT2D eigenvalue weighted by Gasteiger charge is -2.12. The average Bonchev–Trinajstić information content (AvgIpc) is 3.50. The van der Waals surface area contributed by atoms with E-state index in [1.165, 1.54) is 18.5 Å². The van der Waals surface area contributed by atoms with Gasteiger partial charge < -0.3 is 21.3 Å². The van der Waals surface area contributed by atoms with E-state index in [-0.39, 0.29) is 35.8 Å². The van der Waals surface area contributed by atoms with Gasteiger partial charge in [-0.25, -0.2) is 14.4 Å². The third-order valence-electron chi connectivity index (χ3n) is 5.35. The van der Waals surface area contributed by atoms with Crippen molar-refractivity contribution >= 4 is 17.4 Å². The number of hydrogen-bond donors (Lipinski definition) is 3. The number of halogens is 1. The van der Waals surface area contributed by atoms with Crippen LogP contribution in [0.15, 0.2) is 53.4 Å². The number of amides is 1. The van der Waals surface area contributed by atoms with Crippen molar-refractivity contribution in [2.45, 2.75) is 26.3 Å². The molecule has 11 heteroatoms. The number of nitrogens with zero attached hydrogens (tertiary/aromatic N) is 5. The molecule has 1 amide bonds. The van der Waals surface area contributed by atoms with Gasteiger partial charge in [0.2, 0.25) is 5.91 Å². The van der Waals surface area contributed by atoms with E-state index in [0.29, 0.717) is 41.3 Å². The van der Waals surface area contributed by atoms with Crippen molar-refractivity contribution in [3.63, 3.8) is 0 Å². The lowest BCUT2D eigenvalue weighted by Crippen LogP contribution is -2.22. The van der Waals surface area contributed by atoms with E-state index >= 15 is 0 Å². The van der Waals surface area contributed by atoms with Crippen LogP contribution >= 0.6 is 0 Å². The summed E-state index contributed by atoms with van der Waals surface area (Å²) in [5, 5.41) is 11.3. The van der Waals surface area contributed by atoms with Crippen LogP contribution in [-0.2, 0) is 11.3 Å². The fourth-order valence-corrected chi connectivity index (χ4v) is 3.41. The van der Waals surface area contributed by atoms with Crippen LogP contribution in [0.2, 0.25) is 0 Å². The molecular formula is C23H25FN8O2. The number of aromatic nitrogens is 5. The summed E-state index contributed by atoms with van der Waals surface area (Å²) in [6.45, 7) is 2.51. The van der Waals surface area contributed by atoms with E-state index in [4.69, 9.17) is 16.0 Å². The lowest BCUT2D eigenvalue weighted by atomic mass is 10.0. The van der Waals surface area contributed by atoms with E-state index in [9.17, 15) is 9.18 Å². The Kier molecular flexibility index (Phi) is 6.93. The topological polar surface area (TPSA) is 151 Å². The van der Waals surface area contributed by atoms with Gasteiger partial charge in [-0.15, -0.1) is 0 Å². The van der Waals surface area contributed by atoms with Gasteiger partial charge in [0.15, 0.2) is 11.6 Å². The maximum Gasteiger partial charge on any atom is 0.227 e. The van der Waals surface area contributed by atoms with E-state index < -0.39 is 0 Å². The molecule has 0 aliphatic heterocycles. The summed E-state index contributed by atoms with van der Waals surface area (Å²) in [6, 6.07) is 9.86. The third kappa shape index (κ3) is 5.09. The summed E-state index contributed by atoms with van der Waals surface area (Å²) in [6.07, 6.45) is 4.31. The fourth-order valence-electron chi connectivity index (χ4n) is 3.41. The number of benzene rings is 1. The van der Waals surface area contributed by atoms with Crippen LogP contribution in [0.5, 0.6) is 0 Å². The number of nitrogens with two attached hydrogens (primary N) is 2. The van der Waals surface area contributed by atoms with Crippen LogP contribution in [0.4, 0.5) is 15.9 Å². The van der Waals surface area contributed by atoms with E-state index in [0.717, 1.165) is 6.42 Å². The molecule has 1 unspecified atom stereocenters. The fraction of sp³-hybridized carbons (Fsp3) is 0.261. The smallest absolute Gasteiger partial charge is 0.227 e. The molecule has 0 fully saturated rings. The molecule has 0 radical (unpaired) electrons. The highest BCUT2D eigenvalue weighted by atomic mass is 19.1. The minimum absolute atomic E-state index is 0.107. The first-order valence-corrected chi connectivity index (χ1v) is 10.8. The Balaban J connectivity index is 1.61. The highest BCUT2D eigenvalue weighted by Gasteiger charge is 2.19. The molecule has 0 bridgehead atoms. The minimum Gasteiger partial charge on any atom is -0.382 e. The first-order chi connectivity index (χ1) is 16.5. The summed E-state index contributed by atoms with van der Waals surface area (Å²) in [4.78, 5) is 21.0. The zero-order chi connectivity index (χ0) is 24.1. The number of rotatable bonds is 9. The van der Waals surface area contributed by atoms with E-state index in [1.54, 1.807) is 35.0 Å². The molecule has 0 saturated heterocycles. The van der Waals surface area contributed by atoms with Crippen LogP contribution in [0.3, 0.4) is 0 Å². The van der Waals surface area contributed by atoms with Crippen LogP contribution in [0.1, 0.15) is 25.3 Å². The normalized spacial score (nSPS) is 12.0. The van der Waals surface area contributed by atoms with Gasteiger partial charge >= 0.3 is 0 Å². The molecule has 4 aromatic rings. The zero-order valence-corrected chi connectivity index (χ0v) is 18.6. The zero-order valence-electron chi connectivity index (χ0n) is 18.6. The van der Waals surface area contributed by atoms with Crippen molar-refractivity contribution in [2.24, 2.45) is 11.7 Å². The Morgan fingerprint density at radius 1 is 1.26 bits per heavy atom. The second kappa shape index (κ2) is 10.2. The highest BCUT2D eigenvalue weighted by Crippen LogP contribution is 2.26. The van der Waals surface area contributed by atoms with Crippen LogP contribution in [0, 0.1) is 11.7 Å². The Labute approximate surface area is 195 Å². The quantitative estimate of drug-likeness (QED) is 0.342. The molecule has 10 nitrogen and oxygen atoms in total. The average molecular weight is 465 g/mol. The van der Waals surface area contributed by atoms with Crippen molar-refractivity contribution in [1.29, 1.82) is 0 Å². The third-order valence-corrected chi connectivity index (χ3v) is 5.35. The van der Waals surface area contributed by atoms with Gasteiger partial charge in [-0.2, -0.15) is 5.10 Å². The molecule has 0 spiro atoms. The maximum absolute atomic E-state index is 14.2. The number of anilines is 2. The summed E-state index contributed by atoms with van der Waals surface area (Å²) >= 11 is 0. The first-order valence-electron chi connectivity index (χ1n) is 10.8. The largest absolute Gasteiger partial charge is 0.382 e. The van der Waals surface area contributed by atoms with Crippen LogP contribution in [-0.4, -0.2) is 37.4 Å². The summed E-state index contributed by atoms with van der Waals surface area (Å²) < 4.78 is 20.8. The van der Waals surface area contributed by atoms with Crippen LogP contribution < -0.4 is 16.8 Å². The maximum atomic E-state index is 14.2. The second-order valence-corrected chi connectivity index (χ2v) is 7.86. The SMILES string of the molecule is CC(CCCN)C(=O)Nc1cnc(-c2cc(-c3ccon3)n(Cc3ccccc3F)n2)nc1N. The van der Waals surface area contributed by atoms with Crippen LogP contribution in [0.25, 0.3) is 22.9 Å². The Bertz CT molecular complexity index is 1270. The molecule has 3 heterocycles. The molecule has 0 aliphatic carbocycles. The number of nitrogen functional groups attached to an aromatic ring is 1. The van der Waals surface area contributed by atoms with Gasteiger partial charge in [0.05, 0.1) is 18.4 Å². The Morgan fingerprint density at radius 2 is 2.09 bits per heavy atom. The predicted octanol–water partition coefficient (Wildman–Crippen LogP) is 3.08. The summed E-state index contributed by atoms with van der Waals surface area (Å²) in [5.41, 5.74) is 13.9. The van der Waals surface area contributed by atoms with Gasteiger partial charge in [-0.3, -0.25) is 9.48 Å². The van der Waals surface area contributed by atoms with Gasteiger partial charge in [-0.1, -0.05) is 30.3 Å². The first kappa shape index (κ1) is 23.1. The predicted molar refractivity (Wildman–Crippen MR) is 125 cm³/mol. The molecule has 4 rings (SSSR count). The van der Waals surface area contributed by atoms with Gasteiger partial charge in [0.1, 0.15) is 29.2 Å². The summed E-state index contributed by atoms with van der Waals surface area (Å²) in [5.74, 6) is -0.382. The second-order valence-electron chi connectivity index (χ2n) is 7.86. The molecule has 5 N–H and O–H groups in total. The highest BCUT2D eigenvalue weighted by molar-refractivity contribution is 5.94. The molecule has 34 heavy (non-hydrogen) atoms. The Hall–Kier alpha value is -4.12. The van der Waals surface area contributed by atoms with Gasteiger partial charge in [0.25, 0.3) is 0 Å². The lowest BCUT2D eigenvalue weighted by molar-refractivity contribution is -0.119. The molecule has 1 atom stereocenters. The number of hydrogen-bond acceptors (Lipinski definition) is 8. The molecule has 0 saturated carbocycles. The number of nitrogens with one attached hydrogen (secondary N) is 1. The van der Waals surface area contributed by atoms with Crippen molar-refractivity contribution in [3.05, 3.63) is 60.2 Å². The summed E-state index contributed by atoms with van der Waals surface area (Å²) in [7, 11) is 0. The van der Waals surface area contributed by atoms with Crippen molar-refractivity contribution in [3.8, 4) is 22.9 Å². The molecule has 0 aliphatic rings. The minimum atomic E-state index is -0.341. The van der Waals surface area contributed by atoms with E-state index in [1.807, 2.05) is 6.92 Å². The molecule has 1 aromatic carbocycles.